The minimum Gasteiger partial charge on any atom is -0.508 e. The number of hydrogen-bond acceptors (Lipinski definition) is 10. The number of rotatable bonds is 14. The number of phenols is 2. The van der Waals surface area contributed by atoms with Gasteiger partial charge in [-0.3, -0.25) is 19.2 Å². The molecule has 710 valence electrons. The summed E-state index contributed by atoms with van der Waals surface area (Å²) in [6.45, 7) is 42.5. The lowest BCUT2D eigenvalue weighted by atomic mass is 9.62. The number of imide groups is 2. The van der Waals surface area contributed by atoms with Gasteiger partial charge in [0.05, 0.1) is 33.6 Å². The van der Waals surface area contributed by atoms with Gasteiger partial charge in [0.2, 0.25) is 0 Å². The first-order valence-corrected chi connectivity index (χ1v) is 50.7. The van der Waals surface area contributed by atoms with Gasteiger partial charge in [-0.1, -0.05) is 260 Å². The number of ether oxygens (including phenoxy) is 4. The summed E-state index contributed by atoms with van der Waals surface area (Å²) in [5, 5.41) is 35.0. The zero-order valence-electron chi connectivity index (χ0n) is 84.9. The summed E-state index contributed by atoms with van der Waals surface area (Å²) < 4.78 is 29.5. The Bertz CT molecular complexity index is 8430. The average Bonchev–Trinajstić information content (AvgIpc) is 1.45. The number of carbonyl (C=O) groups excluding carboxylic acids is 4. The molecule has 0 saturated carbocycles. The molecule has 12 heteroatoms. The molecule has 0 atom stereocenters. The molecule has 0 saturated heterocycles. The third-order valence-electron chi connectivity index (χ3n) is 31.7. The van der Waals surface area contributed by atoms with E-state index in [0.717, 1.165) is 148 Å². The van der Waals surface area contributed by atoms with Crippen molar-refractivity contribution in [2.75, 3.05) is 9.80 Å². The van der Waals surface area contributed by atoms with E-state index in [1.807, 2.05) is 128 Å². The van der Waals surface area contributed by atoms with Gasteiger partial charge in [-0.25, -0.2) is 9.80 Å². The number of fused-ring (bicyclic) bond motifs is 14. The van der Waals surface area contributed by atoms with Gasteiger partial charge in [-0.2, -0.15) is 0 Å². The van der Waals surface area contributed by atoms with E-state index in [-0.39, 0.29) is 68.7 Å². The third-order valence-corrected chi connectivity index (χ3v) is 31.7. The Morgan fingerprint density at radius 3 is 0.819 bits per heavy atom. The molecule has 12 nitrogen and oxygen atoms in total. The van der Waals surface area contributed by atoms with E-state index in [1.165, 1.54) is 32.1 Å². The molecule has 2 aliphatic heterocycles. The van der Waals surface area contributed by atoms with Crippen molar-refractivity contribution in [1.82, 2.24) is 0 Å². The number of aromatic hydroxyl groups is 2. The van der Waals surface area contributed by atoms with Gasteiger partial charge in [-0.05, 0) is 356 Å². The zero-order valence-corrected chi connectivity index (χ0v) is 84.9. The molecule has 2 N–H and O–H groups in total. The lowest BCUT2D eigenvalue weighted by Crippen LogP contribution is -2.42. The van der Waals surface area contributed by atoms with Crippen LogP contribution in [0.15, 0.2) is 243 Å². The van der Waals surface area contributed by atoms with Gasteiger partial charge in [0.1, 0.15) is 57.5 Å². The highest BCUT2D eigenvalue weighted by molar-refractivity contribution is 6.46. The number of allylic oxidation sites excluding steroid dienone is 8. The molecule has 0 spiro atoms. The Morgan fingerprint density at radius 2 is 0.521 bits per heavy atom. The van der Waals surface area contributed by atoms with Crippen LogP contribution in [-0.2, 0) is 21.7 Å². The number of carbonyl (C=O) groups is 4. The molecule has 17 aromatic carbocycles. The molecule has 144 heavy (non-hydrogen) atoms. The van der Waals surface area contributed by atoms with Crippen molar-refractivity contribution in [2.24, 2.45) is 11.8 Å². The number of benzene rings is 17. The molecule has 0 unspecified atom stereocenters. The van der Waals surface area contributed by atoms with E-state index in [1.54, 1.807) is 24.3 Å². The van der Waals surface area contributed by atoms with Crippen LogP contribution in [0.2, 0.25) is 0 Å². The predicted molar refractivity (Wildman–Crippen MR) is 590 cm³/mol. The van der Waals surface area contributed by atoms with Crippen LogP contribution >= 0.6 is 0 Å². The summed E-state index contributed by atoms with van der Waals surface area (Å²) in [6, 6.07) is 75.0. The van der Waals surface area contributed by atoms with Crippen molar-refractivity contribution in [1.29, 1.82) is 0 Å². The van der Waals surface area contributed by atoms with Gasteiger partial charge >= 0.3 is 0 Å². The fourth-order valence-corrected chi connectivity index (χ4v) is 24.4. The van der Waals surface area contributed by atoms with E-state index in [4.69, 9.17) is 18.9 Å². The third kappa shape index (κ3) is 13.6. The predicted octanol–water partition coefficient (Wildman–Crippen LogP) is 34.9. The maximum absolute atomic E-state index is 16.3. The fourth-order valence-electron chi connectivity index (χ4n) is 24.4. The molecular formula is C132H112N2O10. The highest BCUT2D eigenvalue weighted by Gasteiger charge is 2.52. The van der Waals surface area contributed by atoms with Crippen LogP contribution < -0.4 is 28.7 Å². The second-order valence-electron chi connectivity index (χ2n) is 46.3. The lowest BCUT2D eigenvalue weighted by molar-refractivity contribution is 0.0877. The quantitative estimate of drug-likeness (QED) is 0.0611. The van der Waals surface area contributed by atoms with E-state index in [2.05, 4.69) is 253 Å². The molecule has 25 rings (SSSR count). The van der Waals surface area contributed by atoms with Crippen LogP contribution in [-0.4, -0.2) is 33.8 Å². The summed E-state index contributed by atoms with van der Waals surface area (Å²) >= 11 is 0. The Morgan fingerprint density at radius 1 is 0.257 bits per heavy atom. The van der Waals surface area contributed by atoms with E-state index >= 15 is 19.2 Å². The largest absolute Gasteiger partial charge is 0.508 e. The summed E-state index contributed by atoms with van der Waals surface area (Å²) in [7, 11) is 0. The van der Waals surface area contributed by atoms with Gasteiger partial charge < -0.3 is 29.2 Å². The first-order valence-electron chi connectivity index (χ1n) is 50.7. The van der Waals surface area contributed by atoms with Crippen LogP contribution in [0.25, 0.3) is 144 Å². The summed E-state index contributed by atoms with van der Waals surface area (Å²) in [6.07, 6.45) is 18.2. The van der Waals surface area contributed by atoms with E-state index in [9.17, 15) is 10.2 Å². The second kappa shape index (κ2) is 31.4. The van der Waals surface area contributed by atoms with Crippen LogP contribution in [0.3, 0.4) is 0 Å². The molecule has 0 aromatic heterocycles. The van der Waals surface area contributed by atoms with Crippen LogP contribution in [0.4, 0.5) is 11.4 Å². The topological polar surface area (TPSA) is 152 Å². The number of phenolic OH excluding ortho intramolecular Hbond substituents is 2. The summed E-state index contributed by atoms with van der Waals surface area (Å²) in [5.74, 6) is 1.42. The minimum atomic E-state index is -0.485. The van der Waals surface area contributed by atoms with Gasteiger partial charge in [0, 0.05) is 55.3 Å². The molecule has 4 amide bonds. The Labute approximate surface area is 839 Å². The lowest BCUT2D eigenvalue weighted by Gasteiger charge is -2.42. The van der Waals surface area contributed by atoms with Crippen molar-refractivity contribution in [3.8, 4) is 79.7 Å². The maximum Gasteiger partial charge on any atom is 0.266 e. The molecule has 17 aromatic rings. The van der Waals surface area contributed by atoms with Crippen molar-refractivity contribution in [2.45, 2.75) is 184 Å². The Hall–Kier alpha value is -15.7. The SMILES string of the molecule is CC(C)c1cc(O)cc(C(C)C)c1N1C(=O)c2cc(Oc3ccc(C(C)(C)C)cc3)c3c4c(c(Oc5ccc(C(C)(C)C)cc5)cc(c24)C1=O)C1=CC=C2c4cc5cc6c(cc5cc4C4=CC=C3C1C42)C=Cc1cc2cc3c(cc2cc1C=C6)-c1ccc2c4c(Oc5ccc(C(C)(C)C)cc5)cc5c6c(cc(Oc7ccc(C(C)(C)C)cc7)c(c7ccc-3c1c72)c64)C(=O)N(c1c(C(C)C)cc(O)cc1C(C)C)C5=O. The summed E-state index contributed by atoms with van der Waals surface area (Å²) in [5.41, 5.74) is 26.2. The van der Waals surface area contributed by atoms with Crippen LogP contribution in [0, 0.1) is 11.8 Å². The Balaban J connectivity index is 0.618. The number of nitrogens with zero attached hydrogens (tertiary/aromatic N) is 2. The van der Waals surface area contributed by atoms with Crippen molar-refractivity contribution < 1.29 is 48.3 Å². The zero-order chi connectivity index (χ0) is 100. The minimum absolute atomic E-state index is 0.0673. The summed E-state index contributed by atoms with van der Waals surface area (Å²) in [4.78, 5) is 67.8. The molecule has 0 fully saturated rings. The molecule has 0 radical (unpaired) electrons. The normalized spacial score (nSPS) is 15.9. The maximum atomic E-state index is 16.3. The van der Waals surface area contributed by atoms with Crippen molar-refractivity contribution in [3.63, 3.8) is 0 Å². The van der Waals surface area contributed by atoms with E-state index in [0.29, 0.717) is 118 Å². The standard InChI is InChI=1S/C132H112N2O10/c1-65(2)95-57-81(135)58-96(66(3)4)123(95)133-125(137)103-61-107(141-83-33-25-77(26-34-83)129(9,10)11)117-91-45-41-87-99-53-73-49-69-21-23-71-51-75-55-101-89-43-47-93-114-94(48-44-90(112(89)114)102(101)56-76(75)52-72(71)24-22-70(69)50-74(73)54-100(99)88-42-46-92(113(91)111(87)88)118-108(62-104(126(133)138)115(103)121(117)118)142-84-35-27-78(28-36-84)130(12,13)14)120-110(144-86-39-31-80(32-40-86)132(18,19)20)64-106-116-105(63-109(119(93)122(116)120)143-85-37-29-79(30-38-85)131(15,16)17)127(139)134(128(106)140)124-97(67(5)6)59-82(136)60-98(124)68(7)8/h21-68,111,113,135-136H,1-20H3. The van der Waals surface area contributed by atoms with Crippen molar-refractivity contribution in [3.05, 3.63) is 354 Å². The highest BCUT2D eigenvalue weighted by atomic mass is 16.5. The molecule has 0 bridgehead atoms. The molecular weight excluding hydrogens is 1770 g/mol. The Kier molecular flexibility index (Phi) is 19.6. The van der Waals surface area contributed by atoms with Crippen molar-refractivity contribution >= 4 is 157 Å². The smallest absolute Gasteiger partial charge is 0.266 e. The van der Waals surface area contributed by atoms with Gasteiger partial charge in [-0.15, -0.1) is 0 Å². The molecule has 6 aliphatic carbocycles. The molecule has 8 aliphatic rings. The second-order valence-corrected chi connectivity index (χ2v) is 46.3. The highest BCUT2D eigenvalue weighted by Crippen LogP contribution is 2.67. The number of anilines is 2. The first-order chi connectivity index (χ1) is 68.7. The fraction of sp³-hybridized carbons (Fsp3) is 0.227. The van der Waals surface area contributed by atoms with Gasteiger partial charge in [0.25, 0.3) is 23.6 Å². The van der Waals surface area contributed by atoms with Crippen LogP contribution in [0.1, 0.15) is 293 Å². The monoisotopic (exact) mass is 1880 g/mol. The average molecular weight is 1890 g/mol. The number of amides is 4. The van der Waals surface area contributed by atoms with Crippen LogP contribution in [0.5, 0.6) is 57.5 Å². The van der Waals surface area contributed by atoms with E-state index < -0.39 is 23.6 Å². The first kappa shape index (κ1) is 89.7. The number of hydrogen-bond donors (Lipinski definition) is 2. The molecule has 2 heterocycles. The van der Waals surface area contributed by atoms with Gasteiger partial charge in [0.15, 0.2) is 0 Å².